The molecule has 0 amide bonds. The van der Waals surface area contributed by atoms with E-state index in [1.165, 1.54) is 12.8 Å². The van der Waals surface area contributed by atoms with Crippen molar-refractivity contribution in [2.75, 3.05) is 13.1 Å². The van der Waals surface area contributed by atoms with E-state index in [0.29, 0.717) is 12.4 Å². The topological polar surface area (TPSA) is 62.5 Å². The third kappa shape index (κ3) is 4.07. The van der Waals surface area contributed by atoms with Crippen molar-refractivity contribution in [3.63, 3.8) is 0 Å². The summed E-state index contributed by atoms with van der Waals surface area (Å²) in [4.78, 5) is 10.1. The number of thiophene rings is 1. The van der Waals surface area contributed by atoms with Crippen LogP contribution in [0.2, 0.25) is 0 Å². The highest BCUT2D eigenvalue weighted by molar-refractivity contribution is 7.13. The molecule has 112 valence electrons. The molecular weight excluding hydrogens is 284 g/mol. The van der Waals surface area contributed by atoms with Gasteiger partial charge in [0.15, 0.2) is 5.96 Å². The summed E-state index contributed by atoms with van der Waals surface area (Å²) >= 11 is 1.62. The molecule has 0 spiro atoms. The van der Waals surface area contributed by atoms with E-state index in [9.17, 15) is 0 Å². The van der Waals surface area contributed by atoms with Gasteiger partial charge in [0, 0.05) is 13.1 Å². The number of nitrogens with one attached hydrogen (secondary N) is 2. The molecule has 6 heteroatoms. The fourth-order valence-electron chi connectivity index (χ4n) is 1.96. The van der Waals surface area contributed by atoms with Gasteiger partial charge in [0.1, 0.15) is 12.0 Å². The van der Waals surface area contributed by atoms with Crippen LogP contribution in [-0.2, 0) is 6.54 Å². The maximum atomic E-state index is 5.50. The zero-order valence-electron chi connectivity index (χ0n) is 12.1. The zero-order valence-corrected chi connectivity index (χ0v) is 12.9. The molecule has 0 saturated heterocycles. The first-order valence-electron chi connectivity index (χ1n) is 7.35. The largest absolute Gasteiger partial charge is 0.443 e. The lowest BCUT2D eigenvalue weighted by molar-refractivity contribution is 0.574. The quantitative estimate of drug-likeness (QED) is 0.636. The van der Waals surface area contributed by atoms with Crippen LogP contribution in [0.25, 0.3) is 10.8 Å². The van der Waals surface area contributed by atoms with E-state index in [-0.39, 0.29) is 0 Å². The summed E-state index contributed by atoms with van der Waals surface area (Å²) in [5, 5.41) is 8.64. The van der Waals surface area contributed by atoms with Gasteiger partial charge < -0.3 is 15.1 Å². The van der Waals surface area contributed by atoms with Crippen molar-refractivity contribution in [2.24, 2.45) is 10.9 Å². The predicted molar refractivity (Wildman–Crippen MR) is 85.4 cm³/mol. The van der Waals surface area contributed by atoms with Gasteiger partial charge in [0.25, 0.3) is 0 Å². The summed E-state index contributed by atoms with van der Waals surface area (Å²) in [5.74, 6) is 2.35. The number of oxazole rings is 1. The van der Waals surface area contributed by atoms with Crippen LogP contribution < -0.4 is 10.6 Å². The Morgan fingerprint density at radius 3 is 3.10 bits per heavy atom. The summed E-state index contributed by atoms with van der Waals surface area (Å²) in [6, 6.07) is 4.00. The predicted octanol–water partition coefficient (Wildman–Crippen LogP) is 2.87. The van der Waals surface area contributed by atoms with Gasteiger partial charge in [0.05, 0.1) is 11.4 Å². The number of aromatic nitrogens is 1. The molecule has 0 unspecified atom stereocenters. The van der Waals surface area contributed by atoms with E-state index in [1.54, 1.807) is 17.6 Å². The van der Waals surface area contributed by atoms with E-state index < -0.39 is 0 Å². The summed E-state index contributed by atoms with van der Waals surface area (Å²) in [7, 11) is 0. The molecule has 1 aliphatic carbocycles. The van der Waals surface area contributed by atoms with Crippen molar-refractivity contribution >= 4 is 17.3 Å². The van der Waals surface area contributed by atoms with Crippen LogP contribution in [0.5, 0.6) is 0 Å². The maximum Gasteiger partial charge on any atom is 0.236 e. The second-order valence-corrected chi connectivity index (χ2v) is 6.09. The Labute approximate surface area is 128 Å². The lowest BCUT2D eigenvalue weighted by Gasteiger charge is -2.09. The minimum atomic E-state index is 0.523. The van der Waals surface area contributed by atoms with Crippen molar-refractivity contribution in [2.45, 2.75) is 26.3 Å². The van der Waals surface area contributed by atoms with Crippen LogP contribution in [0.3, 0.4) is 0 Å². The van der Waals surface area contributed by atoms with Crippen LogP contribution in [0.4, 0.5) is 0 Å². The molecule has 1 fully saturated rings. The van der Waals surface area contributed by atoms with Crippen LogP contribution in [0.1, 0.15) is 25.5 Å². The third-order valence-corrected chi connectivity index (χ3v) is 4.14. The Morgan fingerprint density at radius 1 is 1.48 bits per heavy atom. The van der Waals surface area contributed by atoms with E-state index in [4.69, 9.17) is 4.42 Å². The number of rotatable bonds is 6. The van der Waals surface area contributed by atoms with Crippen LogP contribution in [0.15, 0.2) is 33.2 Å². The molecule has 0 bridgehead atoms. The number of hydrogen-bond acceptors (Lipinski definition) is 4. The zero-order chi connectivity index (χ0) is 14.5. The van der Waals surface area contributed by atoms with Gasteiger partial charge in [-0.2, -0.15) is 0 Å². The molecule has 0 atom stereocenters. The highest BCUT2D eigenvalue weighted by Gasteiger charge is 2.21. The summed E-state index contributed by atoms with van der Waals surface area (Å²) in [5.41, 5.74) is 0.849. The highest BCUT2D eigenvalue weighted by atomic mass is 32.1. The number of aliphatic imine (C=N–C) groups is 1. The lowest BCUT2D eigenvalue weighted by Crippen LogP contribution is -2.38. The Hall–Kier alpha value is -1.82. The van der Waals surface area contributed by atoms with E-state index >= 15 is 0 Å². The minimum Gasteiger partial charge on any atom is -0.443 e. The van der Waals surface area contributed by atoms with Gasteiger partial charge >= 0.3 is 0 Å². The third-order valence-electron chi connectivity index (χ3n) is 3.28. The Bertz CT molecular complexity index is 587. The average molecular weight is 304 g/mol. The molecular formula is C15H20N4OS. The molecule has 0 aliphatic heterocycles. The molecule has 0 aromatic carbocycles. The molecule has 21 heavy (non-hydrogen) atoms. The minimum absolute atomic E-state index is 0.523. The monoisotopic (exact) mass is 304 g/mol. The van der Waals surface area contributed by atoms with E-state index in [2.05, 4.69) is 27.5 Å². The Balaban J connectivity index is 1.59. The molecule has 2 aromatic rings. The highest BCUT2D eigenvalue weighted by Crippen LogP contribution is 2.27. The Morgan fingerprint density at radius 2 is 2.38 bits per heavy atom. The van der Waals surface area contributed by atoms with Gasteiger partial charge in [-0.15, -0.1) is 11.3 Å². The summed E-state index contributed by atoms with van der Waals surface area (Å²) in [6.45, 7) is 4.45. The molecule has 1 saturated carbocycles. The first-order valence-corrected chi connectivity index (χ1v) is 8.23. The molecule has 5 nitrogen and oxygen atoms in total. The van der Waals surface area contributed by atoms with Gasteiger partial charge in [-0.25, -0.2) is 9.98 Å². The normalized spacial score (nSPS) is 15.2. The Kier molecular flexibility index (Phi) is 4.55. The second kappa shape index (κ2) is 6.76. The van der Waals surface area contributed by atoms with E-state index in [0.717, 1.165) is 35.5 Å². The van der Waals surface area contributed by atoms with Crippen molar-refractivity contribution in [1.29, 1.82) is 0 Å². The first kappa shape index (κ1) is 14.1. The lowest BCUT2D eigenvalue weighted by atomic mass is 10.4. The standard InChI is InChI=1S/C15H20N4OS/c1-2-16-15(17-8-11-5-6-11)18-9-12-10-20-14(19-12)13-4-3-7-21-13/h3-4,7,10-11H,2,5-6,8-9H2,1H3,(H2,16,17,18). The molecule has 2 N–H and O–H groups in total. The SMILES string of the molecule is CCNC(=NCc1coc(-c2cccs2)n1)NCC1CC1. The average Bonchev–Trinajstić information content (AvgIpc) is 2.98. The van der Waals surface area contributed by atoms with Crippen molar-refractivity contribution < 1.29 is 4.42 Å². The summed E-state index contributed by atoms with van der Waals surface area (Å²) in [6.07, 6.45) is 4.35. The fraction of sp³-hybridized carbons (Fsp3) is 0.467. The van der Waals surface area contributed by atoms with Crippen molar-refractivity contribution in [3.05, 3.63) is 29.5 Å². The van der Waals surface area contributed by atoms with Gasteiger partial charge in [-0.3, -0.25) is 0 Å². The molecule has 0 radical (unpaired) electrons. The second-order valence-electron chi connectivity index (χ2n) is 5.14. The van der Waals surface area contributed by atoms with Crippen LogP contribution in [-0.4, -0.2) is 24.0 Å². The van der Waals surface area contributed by atoms with Crippen LogP contribution in [0, 0.1) is 5.92 Å². The van der Waals surface area contributed by atoms with Crippen LogP contribution >= 0.6 is 11.3 Å². The van der Waals surface area contributed by atoms with Crippen molar-refractivity contribution in [1.82, 2.24) is 15.6 Å². The molecule has 3 rings (SSSR count). The number of nitrogens with zero attached hydrogens (tertiary/aromatic N) is 2. The van der Waals surface area contributed by atoms with Gasteiger partial charge in [0.2, 0.25) is 5.89 Å². The van der Waals surface area contributed by atoms with Gasteiger partial charge in [-0.05, 0) is 37.1 Å². The smallest absolute Gasteiger partial charge is 0.236 e. The van der Waals surface area contributed by atoms with Gasteiger partial charge in [-0.1, -0.05) is 6.07 Å². The number of guanidine groups is 1. The summed E-state index contributed by atoms with van der Waals surface area (Å²) < 4.78 is 5.50. The van der Waals surface area contributed by atoms with E-state index in [1.807, 2.05) is 17.5 Å². The van der Waals surface area contributed by atoms with Crippen molar-refractivity contribution in [3.8, 4) is 10.8 Å². The molecule has 2 heterocycles. The first-order chi connectivity index (χ1) is 10.3. The molecule has 1 aliphatic rings. The fourth-order valence-corrected chi connectivity index (χ4v) is 2.61. The molecule has 2 aromatic heterocycles. The maximum absolute atomic E-state index is 5.50. The number of hydrogen-bond donors (Lipinski definition) is 2.